The smallest absolute Gasteiger partial charge is 0.257 e. The van der Waals surface area contributed by atoms with Gasteiger partial charge in [-0.25, -0.2) is 4.98 Å². The van der Waals surface area contributed by atoms with Crippen molar-refractivity contribution in [1.29, 1.82) is 0 Å². The van der Waals surface area contributed by atoms with Crippen molar-refractivity contribution in [3.05, 3.63) is 90.8 Å². The van der Waals surface area contributed by atoms with E-state index in [-0.39, 0.29) is 5.91 Å². The Balaban J connectivity index is 1.54. The van der Waals surface area contributed by atoms with Crippen LogP contribution in [0.3, 0.4) is 0 Å². The maximum absolute atomic E-state index is 12.6. The highest BCUT2D eigenvalue weighted by molar-refractivity contribution is 6.08. The van der Waals surface area contributed by atoms with Crippen LogP contribution in [0.25, 0.3) is 10.9 Å². The monoisotopic (exact) mass is 354 g/mol. The van der Waals surface area contributed by atoms with Crippen molar-refractivity contribution in [2.24, 2.45) is 0 Å². The molecule has 0 unspecified atom stereocenters. The molecule has 4 aromatic rings. The fourth-order valence-corrected chi connectivity index (χ4v) is 2.90. The van der Waals surface area contributed by atoms with Crippen molar-refractivity contribution in [2.45, 2.75) is 0 Å². The van der Waals surface area contributed by atoms with Gasteiger partial charge in [0.05, 0.1) is 16.8 Å². The summed E-state index contributed by atoms with van der Waals surface area (Å²) in [4.78, 5) is 23.4. The number of anilines is 3. The second-order valence-electron chi connectivity index (χ2n) is 6.13. The van der Waals surface area contributed by atoms with Crippen LogP contribution >= 0.6 is 0 Å². The Hall–Kier alpha value is -3.73. The largest absolute Gasteiger partial charge is 0.329 e. The summed E-state index contributed by atoms with van der Waals surface area (Å²) < 4.78 is 0. The first-order valence-electron chi connectivity index (χ1n) is 8.62. The molecule has 5 nitrogen and oxygen atoms in total. The van der Waals surface area contributed by atoms with E-state index in [2.05, 4.69) is 15.3 Å². The van der Waals surface area contributed by atoms with E-state index in [0.717, 1.165) is 22.4 Å². The van der Waals surface area contributed by atoms with Crippen LogP contribution in [0.1, 0.15) is 10.4 Å². The molecule has 132 valence electrons. The number of amides is 1. The zero-order valence-electron chi connectivity index (χ0n) is 14.8. The molecular formula is C22H18N4O. The fraction of sp³-hybridized carbons (Fsp3) is 0.0455. The quantitative estimate of drug-likeness (QED) is 0.579. The van der Waals surface area contributed by atoms with Gasteiger partial charge >= 0.3 is 0 Å². The molecule has 0 fully saturated rings. The molecule has 4 rings (SSSR count). The molecule has 0 radical (unpaired) electrons. The molecule has 27 heavy (non-hydrogen) atoms. The van der Waals surface area contributed by atoms with Gasteiger partial charge in [0, 0.05) is 30.5 Å². The van der Waals surface area contributed by atoms with E-state index in [1.54, 1.807) is 18.5 Å². The lowest BCUT2D eigenvalue weighted by Crippen LogP contribution is -2.15. The van der Waals surface area contributed by atoms with Gasteiger partial charge in [0.15, 0.2) is 0 Å². The molecule has 0 aliphatic rings. The standard InChI is InChI=1S/C22H18N4O/c1-26(18-9-3-2-4-10-18)20-13-12-17(15-24-20)22(27)25-19-11-5-7-16-8-6-14-23-21(16)19/h2-15H,1H3,(H,25,27). The van der Waals surface area contributed by atoms with Gasteiger partial charge in [-0.15, -0.1) is 0 Å². The molecule has 1 amide bonds. The average molecular weight is 354 g/mol. The Kier molecular flexibility index (Phi) is 4.49. The highest BCUT2D eigenvalue weighted by Gasteiger charge is 2.11. The first-order valence-corrected chi connectivity index (χ1v) is 8.62. The summed E-state index contributed by atoms with van der Waals surface area (Å²) in [6.07, 6.45) is 3.30. The zero-order valence-corrected chi connectivity index (χ0v) is 14.8. The summed E-state index contributed by atoms with van der Waals surface area (Å²) in [6.45, 7) is 0. The van der Waals surface area contributed by atoms with E-state index in [1.807, 2.05) is 78.7 Å². The van der Waals surface area contributed by atoms with Crippen molar-refractivity contribution in [3.8, 4) is 0 Å². The number of aromatic nitrogens is 2. The van der Waals surface area contributed by atoms with E-state index >= 15 is 0 Å². The number of para-hydroxylation sites is 2. The molecule has 2 heterocycles. The minimum absolute atomic E-state index is 0.213. The topological polar surface area (TPSA) is 58.1 Å². The molecule has 5 heteroatoms. The number of hydrogen-bond donors (Lipinski definition) is 1. The number of benzene rings is 2. The molecule has 1 N–H and O–H groups in total. The van der Waals surface area contributed by atoms with Gasteiger partial charge in [-0.1, -0.05) is 36.4 Å². The lowest BCUT2D eigenvalue weighted by Gasteiger charge is -2.18. The molecule has 0 saturated carbocycles. The van der Waals surface area contributed by atoms with Gasteiger partial charge in [-0.3, -0.25) is 9.78 Å². The van der Waals surface area contributed by atoms with Crippen LogP contribution in [0.4, 0.5) is 17.2 Å². The number of rotatable bonds is 4. The second kappa shape index (κ2) is 7.25. The normalized spacial score (nSPS) is 10.6. The van der Waals surface area contributed by atoms with Crippen LogP contribution in [-0.4, -0.2) is 22.9 Å². The maximum Gasteiger partial charge on any atom is 0.257 e. The van der Waals surface area contributed by atoms with E-state index in [1.165, 1.54) is 0 Å². The van der Waals surface area contributed by atoms with Crippen LogP contribution in [0, 0.1) is 0 Å². The molecule has 0 aliphatic heterocycles. The van der Waals surface area contributed by atoms with Crippen molar-refractivity contribution >= 4 is 34.0 Å². The van der Waals surface area contributed by atoms with Crippen molar-refractivity contribution < 1.29 is 4.79 Å². The first-order chi connectivity index (χ1) is 13.2. The van der Waals surface area contributed by atoms with Crippen LogP contribution in [0.15, 0.2) is 85.2 Å². The number of fused-ring (bicyclic) bond motifs is 1. The van der Waals surface area contributed by atoms with E-state index in [4.69, 9.17) is 0 Å². The molecule has 0 saturated heterocycles. The van der Waals surface area contributed by atoms with Gasteiger partial charge in [-0.2, -0.15) is 0 Å². The minimum atomic E-state index is -0.213. The minimum Gasteiger partial charge on any atom is -0.329 e. The van der Waals surface area contributed by atoms with Crippen LogP contribution in [0.5, 0.6) is 0 Å². The predicted octanol–water partition coefficient (Wildman–Crippen LogP) is 4.65. The number of carbonyl (C=O) groups is 1. The summed E-state index contributed by atoms with van der Waals surface area (Å²) in [5, 5.41) is 3.91. The highest BCUT2D eigenvalue weighted by Crippen LogP contribution is 2.23. The van der Waals surface area contributed by atoms with Crippen LogP contribution < -0.4 is 10.2 Å². The van der Waals surface area contributed by atoms with Gasteiger partial charge < -0.3 is 10.2 Å². The molecule has 0 bridgehead atoms. The number of pyridine rings is 2. The molecule has 0 spiro atoms. The van der Waals surface area contributed by atoms with E-state index in [0.29, 0.717) is 11.3 Å². The summed E-state index contributed by atoms with van der Waals surface area (Å²) in [6, 6.07) is 23.1. The number of hydrogen-bond acceptors (Lipinski definition) is 4. The third-order valence-electron chi connectivity index (χ3n) is 4.38. The highest BCUT2D eigenvalue weighted by atomic mass is 16.1. The third kappa shape index (κ3) is 3.48. The Morgan fingerprint density at radius 3 is 2.48 bits per heavy atom. The van der Waals surface area contributed by atoms with Crippen LogP contribution in [0.2, 0.25) is 0 Å². The summed E-state index contributed by atoms with van der Waals surface area (Å²) >= 11 is 0. The van der Waals surface area contributed by atoms with Gasteiger partial charge in [0.2, 0.25) is 0 Å². The molecule has 2 aromatic carbocycles. The SMILES string of the molecule is CN(c1ccccc1)c1ccc(C(=O)Nc2cccc3cccnc23)cn1. The lowest BCUT2D eigenvalue weighted by molar-refractivity contribution is 0.102. The van der Waals surface area contributed by atoms with Gasteiger partial charge in [0.25, 0.3) is 5.91 Å². The van der Waals surface area contributed by atoms with Crippen molar-refractivity contribution in [3.63, 3.8) is 0 Å². The fourth-order valence-electron chi connectivity index (χ4n) is 2.90. The molecule has 0 atom stereocenters. The van der Waals surface area contributed by atoms with Crippen molar-refractivity contribution in [1.82, 2.24) is 9.97 Å². The molecule has 2 aromatic heterocycles. The second-order valence-corrected chi connectivity index (χ2v) is 6.13. The zero-order chi connectivity index (χ0) is 18.6. The summed E-state index contributed by atoms with van der Waals surface area (Å²) in [7, 11) is 1.94. The van der Waals surface area contributed by atoms with Crippen LogP contribution in [-0.2, 0) is 0 Å². The Bertz CT molecular complexity index is 1070. The number of carbonyl (C=O) groups excluding carboxylic acids is 1. The average Bonchev–Trinajstić information content (AvgIpc) is 2.74. The molecular weight excluding hydrogens is 336 g/mol. The third-order valence-corrected chi connectivity index (χ3v) is 4.38. The van der Waals surface area contributed by atoms with E-state index in [9.17, 15) is 4.79 Å². The van der Waals surface area contributed by atoms with Gasteiger partial charge in [0.1, 0.15) is 5.82 Å². The van der Waals surface area contributed by atoms with Crippen molar-refractivity contribution in [2.75, 3.05) is 17.3 Å². The Labute approximate surface area is 157 Å². The Morgan fingerprint density at radius 2 is 1.70 bits per heavy atom. The maximum atomic E-state index is 12.6. The predicted molar refractivity (Wildman–Crippen MR) is 108 cm³/mol. The van der Waals surface area contributed by atoms with Gasteiger partial charge in [-0.05, 0) is 36.4 Å². The number of nitrogens with zero attached hydrogens (tertiary/aromatic N) is 3. The first kappa shape index (κ1) is 16.7. The summed E-state index contributed by atoms with van der Waals surface area (Å²) in [5.74, 6) is 0.555. The Morgan fingerprint density at radius 1 is 0.889 bits per heavy atom. The number of nitrogens with one attached hydrogen (secondary N) is 1. The lowest BCUT2D eigenvalue weighted by atomic mass is 10.2. The summed E-state index contributed by atoms with van der Waals surface area (Å²) in [5.41, 5.74) is 2.97. The van der Waals surface area contributed by atoms with E-state index < -0.39 is 0 Å². The molecule has 0 aliphatic carbocycles.